The minimum Gasteiger partial charge on any atom is -0.503 e. The van der Waals surface area contributed by atoms with Crippen LogP contribution >= 0.6 is 0 Å². The molecule has 2 amide bonds. The highest BCUT2D eigenvalue weighted by Gasteiger charge is 2.17. The van der Waals surface area contributed by atoms with E-state index in [1.165, 1.54) is 24.3 Å². The van der Waals surface area contributed by atoms with Gasteiger partial charge in [-0.3, -0.25) is 4.72 Å². The number of hydrogen-bond acceptors (Lipinski definition) is 4. The lowest BCUT2D eigenvalue weighted by Crippen LogP contribution is -2.28. The SMILES string of the molecule is CCNC(=O)Nc1ccc(S(=O)(=O)Nc2cc(F)c(O)c(F)c2)cc1. The standard InChI is InChI=1S/C15H15F2N3O4S/c1-2-18-15(22)19-9-3-5-11(6-4-9)25(23,24)20-10-7-12(16)14(21)13(17)8-10/h3-8,20-21H,2H2,1H3,(H2,18,19,22). The molecule has 0 saturated carbocycles. The van der Waals surface area contributed by atoms with Crippen molar-refractivity contribution < 1.29 is 27.1 Å². The van der Waals surface area contributed by atoms with Crippen molar-refractivity contribution in [2.45, 2.75) is 11.8 Å². The number of benzene rings is 2. The Morgan fingerprint density at radius 2 is 1.64 bits per heavy atom. The van der Waals surface area contributed by atoms with Gasteiger partial charge in [-0.2, -0.15) is 0 Å². The summed E-state index contributed by atoms with van der Waals surface area (Å²) in [6.07, 6.45) is 0. The van der Waals surface area contributed by atoms with E-state index in [1.807, 2.05) is 4.72 Å². The van der Waals surface area contributed by atoms with Crippen LogP contribution in [0, 0.1) is 11.6 Å². The molecule has 0 heterocycles. The first kappa shape index (κ1) is 18.5. The summed E-state index contributed by atoms with van der Waals surface area (Å²) < 4.78 is 53.0. The van der Waals surface area contributed by atoms with Crippen molar-refractivity contribution in [2.24, 2.45) is 0 Å². The molecule has 0 aliphatic carbocycles. The molecule has 0 atom stereocenters. The number of carbonyl (C=O) groups is 1. The highest BCUT2D eigenvalue weighted by Crippen LogP contribution is 2.26. The lowest BCUT2D eigenvalue weighted by Gasteiger charge is -2.10. The molecular formula is C15H15F2N3O4S. The van der Waals surface area contributed by atoms with E-state index in [1.54, 1.807) is 6.92 Å². The summed E-state index contributed by atoms with van der Waals surface area (Å²) >= 11 is 0. The predicted octanol–water partition coefficient (Wildman–Crippen LogP) is 2.61. The van der Waals surface area contributed by atoms with Gasteiger partial charge in [0, 0.05) is 24.4 Å². The Balaban J connectivity index is 2.18. The molecule has 10 heteroatoms. The summed E-state index contributed by atoms with van der Waals surface area (Å²) in [5, 5.41) is 14.0. The average Bonchev–Trinajstić information content (AvgIpc) is 2.53. The van der Waals surface area contributed by atoms with Crippen LogP contribution in [-0.4, -0.2) is 26.1 Å². The molecule has 4 N–H and O–H groups in total. The fourth-order valence-electron chi connectivity index (χ4n) is 1.89. The van der Waals surface area contributed by atoms with Crippen molar-refractivity contribution >= 4 is 27.4 Å². The van der Waals surface area contributed by atoms with Crippen molar-refractivity contribution in [3.63, 3.8) is 0 Å². The maximum Gasteiger partial charge on any atom is 0.319 e. The average molecular weight is 371 g/mol. The van der Waals surface area contributed by atoms with Crippen molar-refractivity contribution in [3.8, 4) is 5.75 Å². The van der Waals surface area contributed by atoms with Crippen LogP contribution in [0.15, 0.2) is 41.3 Å². The minimum atomic E-state index is -4.11. The van der Waals surface area contributed by atoms with Gasteiger partial charge in [-0.25, -0.2) is 22.0 Å². The monoisotopic (exact) mass is 371 g/mol. The number of hydrogen-bond donors (Lipinski definition) is 4. The van der Waals surface area contributed by atoms with Gasteiger partial charge >= 0.3 is 6.03 Å². The molecule has 0 unspecified atom stereocenters. The number of urea groups is 1. The molecule has 25 heavy (non-hydrogen) atoms. The van der Waals surface area contributed by atoms with E-state index in [-0.39, 0.29) is 10.6 Å². The lowest BCUT2D eigenvalue weighted by molar-refractivity contribution is 0.252. The number of rotatable bonds is 5. The number of carbonyl (C=O) groups excluding carboxylic acids is 1. The predicted molar refractivity (Wildman–Crippen MR) is 88.0 cm³/mol. The number of sulfonamides is 1. The van der Waals surface area contributed by atoms with Crippen LogP contribution in [0.25, 0.3) is 0 Å². The van der Waals surface area contributed by atoms with Crippen LogP contribution in [0.2, 0.25) is 0 Å². The molecule has 134 valence electrons. The number of aromatic hydroxyl groups is 1. The molecule has 2 aromatic carbocycles. The number of phenols is 1. The van der Waals surface area contributed by atoms with Crippen molar-refractivity contribution in [1.82, 2.24) is 5.32 Å². The molecule has 0 fully saturated rings. The summed E-state index contributed by atoms with van der Waals surface area (Å²) in [6.45, 7) is 2.18. The normalized spacial score (nSPS) is 11.0. The summed E-state index contributed by atoms with van der Waals surface area (Å²) in [6, 6.07) is 6.03. The van der Waals surface area contributed by atoms with Gasteiger partial charge in [-0.15, -0.1) is 0 Å². The molecule has 0 aromatic heterocycles. The van der Waals surface area contributed by atoms with E-state index in [0.717, 1.165) is 0 Å². The largest absolute Gasteiger partial charge is 0.503 e. The zero-order valence-electron chi connectivity index (χ0n) is 13.0. The summed E-state index contributed by atoms with van der Waals surface area (Å²) in [4.78, 5) is 11.2. The van der Waals surface area contributed by atoms with E-state index < -0.39 is 33.4 Å². The molecule has 0 aliphatic rings. The molecule has 0 radical (unpaired) electrons. The van der Waals surface area contributed by atoms with E-state index in [2.05, 4.69) is 10.6 Å². The Bertz CT molecular complexity index is 863. The number of amides is 2. The van der Waals surface area contributed by atoms with Gasteiger partial charge in [0.15, 0.2) is 17.4 Å². The fourth-order valence-corrected chi connectivity index (χ4v) is 2.93. The van der Waals surface area contributed by atoms with Gasteiger partial charge < -0.3 is 15.7 Å². The molecule has 0 aliphatic heterocycles. The first-order valence-electron chi connectivity index (χ1n) is 7.08. The number of phenolic OH excluding ortho intramolecular Hbond substituents is 1. The van der Waals surface area contributed by atoms with Crippen molar-refractivity contribution in [2.75, 3.05) is 16.6 Å². The summed E-state index contributed by atoms with van der Waals surface area (Å²) in [7, 11) is -4.11. The number of nitrogens with one attached hydrogen (secondary N) is 3. The van der Waals surface area contributed by atoms with E-state index in [0.29, 0.717) is 24.4 Å². The van der Waals surface area contributed by atoms with Crippen LogP contribution < -0.4 is 15.4 Å². The summed E-state index contributed by atoms with van der Waals surface area (Å²) in [5.74, 6) is -3.78. The van der Waals surface area contributed by atoms with Crippen molar-refractivity contribution in [1.29, 1.82) is 0 Å². The van der Waals surface area contributed by atoms with Crippen LogP contribution in [0.5, 0.6) is 5.75 Å². The number of halogens is 2. The Morgan fingerprint density at radius 3 is 2.16 bits per heavy atom. The molecule has 2 aromatic rings. The zero-order chi connectivity index (χ0) is 18.6. The second-order valence-corrected chi connectivity index (χ2v) is 6.59. The highest BCUT2D eigenvalue weighted by atomic mass is 32.2. The van der Waals surface area contributed by atoms with Gasteiger partial charge in [0.2, 0.25) is 0 Å². The quantitative estimate of drug-likeness (QED) is 0.606. The molecule has 7 nitrogen and oxygen atoms in total. The molecule has 0 saturated heterocycles. The van der Waals surface area contributed by atoms with Gasteiger partial charge in [-0.1, -0.05) is 0 Å². The van der Waals surface area contributed by atoms with Crippen LogP contribution in [0.1, 0.15) is 6.92 Å². The third kappa shape index (κ3) is 4.57. The Morgan fingerprint density at radius 1 is 1.08 bits per heavy atom. The third-order valence-corrected chi connectivity index (χ3v) is 4.43. The Kier molecular flexibility index (Phi) is 5.42. The summed E-state index contributed by atoms with van der Waals surface area (Å²) in [5.41, 5.74) is -0.0102. The third-order valence-electron chi connectivity index (χ3n) is 3.03. The maximum atomic E-state index is 13.3. The molecule has 0 spiro atoms. The van der Waals surface area contributed by atoms with E-state index >= 15 is 0 Å². The molecular weight excluding hydrogens is 356 g/mol. The Hall–Kier alpha value is -2.88. The van der Waals surface area contributed by atoms with Crippen LogP contribution in [0.3, 0.4) is 0 Å². The van der Waals surface area contributed by atoms with Gasteiger partial charge in [0.05, 0.1) is 10.6 Å². The fraction of sp³-hybridized carbons (Fsp3) is 0.133. The minimum absolute atomic E-state index is 0.178. The zero-order valence-corrected chi connectivity index (χ0v) is 13.8. The Labute approximate surface area is 142 Å². The second kappa shape index (κ2) is 7.34. The van der Waals surface area contributed by atoms with Crippen LogP contribution in [0.4, 0.5) is 25.0 Å². The molecule has 2 rings (SSSR count). The first-order valence-corrected chi connectivity index (χ1v) is 8.57. The topological polar surface area (TPSA) is 108 Å². The van der Waals surface area contributed by atoms with Gasteiger partial charge in [0.1, 0.15) is 0 Å². The highest BCUT2D eigenvalue weighted by molar-refractivity contribution is 7.92. The van der Waals surface area contributed by atoms with E-state index in [4.69, 9.17) is 5.11 Å². The van der Waals surface area contributed by atoms with Gasteiger partial charge in [-0.05, 0) is 31.2 Å². The second-order valence-electron chi connectivity index (χ2n) is 4.90. The van der Waals surface area contributed by atoms with Crippen LogP contribution in [-0.2, 0) is 10.0 Å². The van der Waals surface area contributed by atoms with Crippen molar-refractivity contribution in [3.05, 3.63) is 48.0 Å². The number of anilines is 2. The van der Waals surface area contributed by atoms with E-state index in [9.17, 15) is 22.0 Å². The lowest BCUT2D eigenvalue weighted by atomic mass is 10.3. The van der Waals surface area contributed by atoms with Gasteiger partial charge in [0.25, 0.3) is 10.0 Å². The maximum absolute atomic E-state index is 13.3. The smallest absolute Gasteiger partial charge is 0.319 e. The first-order chi connectivity index (χ1) is 11.7. The molecule has 0 bridgehead atoms.